The van der Waals surface area contributed by atoms with E-state index in [1.165, 1.54) is 0 Å². The van der Waals surface area contributed by atoms with Crippen molar-refractivity contribution >= 4 is 15.7 Å². The molecule has 0 aromatic heterocycles. The van der Waals surface area contributed by atoms with Gasteiger partial charge in [-0.1, -0.05) is 39.8 Å². The molecule has 0 saturated heterocycles. The first-order valence-corrected chi connectivity index (χ1v) is 12.6. The zero-order valence-corrected chi connectivity index (χ0v) is 19.8. The molecule has 0 fully saturated rings. The molecule has 4 rings (SSSR count). The lowest BCUT2D eigenvalue weighted by Crippen LogP contribution is -2.36. The Morgan fingerprint density at radius 1 is 0.812 bits per heavy atom. The number of aryl methyl sites for hydroxylation is 1. The van der Waals surface area contributed by atoms with Gasteiger partial charge in [-0.2, -0.15) is 0 Å². The smallest absolute Gasteiger partial charge is 0.178 e. The zero-order chi connectivity index (χ0) is 23.0. The summed E-state index contributed by atoms with van der Waals surface area (Å²) in [6.45, 7) is 1.98. The summed E-state index contributed by atoms with van der Waals surface area (Å²) in [6, 6.07) is 18.7. The standard InChI is InChI=1S/C26H28O5S/c1-16-6-12-20(13-7-16)32(5,28)26-23(17-8-10-18(29-2)11-9-17)24-21(25(26)27)14-19(30-3)15-22(24)31-4/h6-15,23,26,32H,1-5H3/t23-,26+/m1/s1. The molecule has 0 heterocycles. The van der Waals surface area contributed by atoms with E-state index in [4.69, 9.17) is 14.2 Å². The second-order valence-corrected chi connectivity index (χ2v) is 11.2. The molecule has 0 saturated carbocycles. The number of carbonyl (C=O) groups is 1. The number of thiol groups is 1. The van der Waals surface area contributed by atoms with Crippen LogP contribution in [0, 0.1) is 6.92 Å². The molecular formula is C26H28O5S. The quantitative estimate of drug-likeness (QED) is 0.561. The first-order chi connectivity index (χ1) is 15.3. The number of hydrogen-bond donors (Lipinski definition) is 1. The summed E-state index contributed by atoms with van der Waals surface area (Å²) in [4.78, 5) is 14.5. The molecule has 0 spiro atoms. The van der Waals surface area contributed by atoms with E-state index in [9.17, 15) is 9.00 Å². The van der Waals surface area contributed by atoms with Crippen LogP contribution in [0.5, 0.6) is 17.2 Å². The third-order valence-corrected chi connectivity index (χ3v) is 9.20. The van der Waals surface area contributed by atoms with Crippen molar-refractivity contribution in [1.29, 1.82) is 0 Å². The average molecular weight is 453 g/mol. The molecule has 0 amide bonds. The fourth-order valence-electron chi connectivity index (χ4n) is 4.55. The predicted octanol–water partition coefficient (Wildman–Crippen LogP) is 4.42. The fourth-order valence-corrected chi connectivity index (χ4v) is 7.09. The molecule has 3 aromatic carbocycles. The Labute approximate surface area is 189 Å². The van der Waals surface area contributed by atoms with Crippen LogP contribution < -0.4 is 14.2 Å². The van der Waals surface area contributed by atoms with E-state index in [0.717, 1.165) is 22.4 Å². The van der Waals surface area contributed by atoms with Crippen LogP contribution in [0.25, 0.3) is 0 Å². The number of ether oxygens (including phenoxy) is 3. The zero-order valence-electron chi connectivity index (χ0n) is 18.9. The first-order valence-electron chi connectivity index (χ1n) is 10.4. The molecule has 168 valence electrons. The van der Waals surface area contributed by atoms with Gasteiger partial charge in [0.05, 0.1) is 26.6 Å². The van der Waals surface area contributed by atoms with Crippen molar-refractivity contribution in [2.75, 3.05) is 27.6 Å². The van der Waals surface area contributed by atoms with Gasteiger partial charge >= 0.3 is 0 Å². The van der Waals surface area contributed by atoms with E-state index in [1.807, 2.05) is 55.5 Å². The van der Waals surface area contributed by atoms with Gasteiger partial charge in [0, 0.05) is 28.0 Å². The van der Waals surface area contributed by atoms with Crippen LogP contribution in [0.2, 0.25) is 0 Å². The number of ketones is 1. The number of benzene rings is 3. The van der Waals surface area contributed by atoms with E-state index in [2.05, 4.69) is 0 Å². The Kier molecular flexibility index (Phi) is 5.82. The monoisotopic (exact) mass is 452 g/mol. The van der Waals surface area contributed by atoms with E-state index >= 15 is 0 Å². The van der Waals surface area contributed by atoms with Crippen molar-refractivity contribution < 1.29 is 23.2 Å². The van der Waals surface area contributed by atoms with Crippen LogP contribution >= 0.6 is 0 Å². The van der Waals surface area contributed by atoms with Crippen molar-refractivity contribution in [2.45, 2.75) is 23.0 Å². The van der Waals surface area contributed by atoms with Gasteiger partial charge < -0.3 is 14.2 Å². The molecule has 0 radical (unpaired) electrons. The van der Waals surface area contributed by atoms with E-state index < -0.39 is 21.1 Å². The number of rotatable bonds is 6. The van der Waals surface area contributed by atoms with E-state index in [0.29, 0.717) is 22.0 Å². The van der Waals surface area contributed by atoms with Gasteiger partial charge in [-0.25, -0.2) is 0 Å². The molecular weight excluding hydrogens is 424 g/mol. The molecule has 0 unspecified atom stereocenters. The Hall–Kier alpha value is -3.12. The second kappa shape index (κ2) is 8.43. The summed E-state index contributed by atoms with van der Waals surface area (Å²) < 4.78 is 30.7. The highest BCUT2D eigenvalue weighted by atomic mass is 32.2. The maximum absolute atomic E-state index is 14.4. The Bertz CT molecular complexity index is 1200. The third kappa shape index (κ3) is 3.58. The fraction of sp³-hybridized carbons (Fsp3) is 0.269. The molecule has 1 aliphatic carbocycles. The lowest BCUT2D eigenvalue weighted by Gasteiger charge is -2.31. The van der Waals surface area contributed by atoms with Crippen molar-refractivity contribution in [3.05, 3.63) is 82.9 Å². The minimum atomic E-state index is -3.12. The number of fused-ring (bicyclic) bond motifs is 1. The minimum Gasteiger partial charge on any atom is -0.497 e. The summed E-state index contributed by atoms with van der Waals surface area (Å²) in [7, 11) is 1.61. The van der Waals surface area contributed by atoms with Gasteiger partial charge in [0.1, 0.15) is 17.2 Å². The van der Waals surface area contributed by atoms with Gasteiger partial charge in [-0.3, -0.25) is 9.00 Å². The summed E-state index contributed by atoms with van der Waals surface area (Å²) in [5.41, 5.74) is 3.22. The SMILES string of the molecule is COc1ccc([C@@H]2c3c(OC)cc(OC)cc3C(=O)[C@H]2[SH](C)(=O)c2ccc(C)cc2)cc1. The maximum Gasteiger partial charge on any atom is 0.178 e. The number of Topliss-reactive ketones (excluding diaryl/α,β-unsaturated/α-hetero) is 1. The molecule has 0 N–H and O–H groups in total. The van der Waals surface area contributed by atoms with Crippen LogP contribution in [0.15, 0.2) is 65.6 Å². The first kappa shape index (κ1) is 22.1. The van der Waals surface area contributed by atoms with Crippen LogP contribution in [0.4, 0.5) is 0 Å². The number of carbonyl (C=O) groups excluding carboxylic acids is 1. The normalized spacial score (nSPS) is 18.2. The molecule has 6 heteroatoms. The highest BCUT2D eigenvalue weighted by Crippen LogP contribution is 2.50. The Morgan fingerprint density at radius 2 is 1.44 bits per heavy atom. The van der Waals surface area contributed by atoms with E-state index in [1.54, 1.807) is 39.7 Å². The van der Waals surface area contributed by atoms with Gasteiger partial charge in [-0.15, -0.1) is 0 Å². The summed E-state index contributed by atoms with van der Waals surface area (Å²) in [6.07, 6.45) is 1.71. The van der Waals surface area contributed by atoms with Gasteiger partial charge in [0.2, 0.25) is 0 Å². The molecule has 5 nitrogen and oxygen atoms in total. The lowest BCUT2D eigenvalue weighted by molar-refractivity contribution is 0.0995. The predicted molar refractivity (Wildman–Crippen MR) is 127 cm³/mol. The molecule has 0 aliphatic heterocycles. The topological polar surface area (TPSA) is 61.8 Å². The molecule has 0 bridgehead atoms. The highest BCUT2D eigenvalue weighted by molar-refractivity contribution is 8.03. The number of methoxy groups -OCH3 is 3. The Morgan fingerprint density at radius 3 is 2.00 bits per heavy atom. The lowest BCUT2D eigenvalue weighted by atomic mass is 9.92. The summed E-state index contributed by atoms with van der Waals surface area (Å²) >= 11 is 0. The van der Waals surface area contributed by atoms with Crippen molar-refractivity contribution in [3.8, 4) is 17.2 Å². The van der Waals surface area contributed by atoms with Gasteiger partial charge in [0.25, 0.3) is 0 Å². The second-order valence-electron chi connectivity index (χ2n) is 8.18. The van der Waals surface area contributed by atoms with Gasteiger partial charge in [0.15, 0.2) is 5.78 Å². The van der Waals surface area contributed by atoms with Crippen molar-refractivity contribution in [1.82, 2.24) is 0 Å². The van der Waals surface area contributed by atoms with Crippen LogP contribution in [0.3, 0.4) is 0 Å². The van der Waals surface area contributed by atoms with Crippen molar-refractivity contribution in [3.63, 3.8) is 0 Å². The summed E-state index contributed by atoms with van der Waals surface area (Å²) in [5.74, 6) is 1.24. The third-order valence-electron chi connectivity index (χ3n) is 6.28. The van der Waals surface area contributed by atoms with Crippen LogP contribution in [0.1, 0.15) is 33.0 Å². The van der Waals surface area contributed by atoms with Crippen LogP contribution in [-0.2, 0) is 9.93 Å². The average Bonchev–Trinajstić information content (AvgIpc) is 3.11. The molecule has 3 aromatic rings. The largest absolute Gasteiger partial charge is 0.497 e. The maximum atomic E-state index is 14.4. The van der Waals surface area contributed by atoms with E-state index in [-0.39, 0.29) is 5.78 Å². The Balaban J connectivity index is 1.95. The molecule has 2 atom stereocenters. The highest BCUT2D eigenvalue weighted by Gasteiger charge is 2.48. The molecule has 32 heavy (non-hydrogen) atoms. The van der Waals surface area contributed by atoms with Crippen LogP contribution in [-0.4, -0.2) is 42.8 Å². The minimum absolute atomic E-state index is 0.149. The summed E-state index contributed by atoms with van der Waals surface area (Å²) in [5, 5.41) is -0.741. The van der Waals surface area contributed by atoms with Crippen molar-refractivity contribution in [2.24, 2.45) is 0 Å². The number of hydrogen-bond acceptors (Lipinski definition) is 5. The molecule has 1 aliphatic rings. The van der Waals surface area contributed by atoms with Gasteiger partial charge in [-0.05, 0) is 49.1 Å².